The molecule has 0 spiro atoms. The van der Waals surface area contributed by atoms with Crippen LogP contribution in [0.3, 0.4) is 0 Å². The van der Waals surface area contributed by atoms with Crippen LogP contribution in [0.15, 0.2) is 18.2 Å². The SMILES string of the molecule is Cl.FC(F)(F)c1cc([C@@H](C2CCC2)N2CCNCC2)cc(C(F)(F)F)c1. The average Bonchev–Trinajstić information content (AvgIpc) is 2.49. The molecule has 2 fully saturated rings. The van der Waals surface area contributed by atoms with E-state index in [9.17, 15) is 26.3 Å². The maximum absolute atomic E-state index is 13.1. The molecule has 1 aliphatic heterocycles. The maximum atomic E-state index is 13.1. The van der Waals surface area contributed by atoms with Crippen LogP contribution in [0.25, 0.3) is 0 Å². The van der Waals surface area contributed by atoms with Gasteiger partial charge in [-0.3, -0.25) is 4.90 Å². The Balaban J connectivity index is 0.00000243. The molecule has 1 heterocycles. The molecule has 1 saturated heterocycles. The first-order chi connectivity index (χ1) is 11.7. The molecular weight excluding hydrogens is 382 g/mol. The number of nitrogens with zero attached hydrogens (tertiary/aromatic N) is 1. The second kappa shape index (κ2) is 7.94. The van der Waals surface area contributed by atoms with Gasteiger partial charge in [-0.15, -0.1) is 12.4 Å². The van der Waals surface area contributed by atoms with Gasteiger partial charge in [0.2, 0.25) is 0 Å². The van der Waals surface area contributed by atoms with E-state index >= 15 is 0 Å². The summed E-state index contributed by atoms with van der Waals surface area (Å²) in [5.74, 6) is 0.114. The van der Waals surface area contributed by atoms with E-state index in [1.165, 1.54) is 0 Å². The van der Waals surface area contributed by atoms with Gasteiger partial charge < -0.3 is 5.32 Å². The Kier molecular flexibility index (Phi) is 6.51. The lowest BCUT2D eigenvalue weighted by Crippen LogP contribution is -2.48. The third-order valence-electron chi connectivity index (χ3n) is 5.09. The summed E-state index contributed by atoms with van der Waals surface area (Å²) >= 11 is 0. The molecule has 1 aromatic carbocycles. The lowest BCUT2D eigenvalue weighted by molar-refractivity contribution is -0.143. The van der Waals surface area contributed by atoms with Crippen molar-refractivity contribution in [3.63, 3.8) is 0 Å². The molecule has 26 heavy (non-hydrogen) atoms. The second-order valence-corrected chi connectivity index (χ2v) is 6.76. The normalized spacial score (nSPS) is 21.0. The zero-order valence-electron chi connectivity index (χ0n) is 14.0. The van der Waals surface area contributed by atoms with Crippen LogP contribution >= 0.6 is 12.4 Å². The Morgan fingerprint density at radius 1 is 0.885 bits per heavy atom. The molecule has 3 rings (SSSR count). The Bertz CT molecular complexity index is 574. The molecule has 148 valence electrons. The van der Waals surface area contributed by atoms with Gasteiger partial charge in [0.05, 0.1) is 11.1 Å². The number of nitrogens with one attached hydrogen (secondary N) is 1. The molecule has 0 unspecified atom stereocenters. The molecular formula is C17H21ClF6N2. The van der Waals surface area contributed by atoms with Crippen molar-refractivity contribution in [3.8, 4) is 0 Å². The van der Waals surface area contributed by atoms with Crippen LogP contribution in [-0.2, 0) is 12.4 Å². The van der Waals surface area contributed by atoms with Crippen molar-refractivity contribution in [1.82, 2.24) is 10.2 Å². The van der Waals surface area contributed by atoms with Crippen LogP contribution in [0, 0.1) is 5.92 Å². The molecule has 0 aromatic heterocycles. The van der Waals surface area contributed by atoms with Crippen molar-refractivity contribution in [2.24, 2.45) is 5.92 Å². The third kappa shape index (κ3) is 4.64. The fourth-order valence-electron chi connectivity index (χ4n) is 3.65. The predicted octanol–water partition coefficient (Wildman–Crippen LogP) is 4.89. The Labute approximate surface area is 154 Å². The lowest BCUT2D eigenvalue weighted by atomic mass is 9.75. The maximum Gasteiger partial charge on any atom is 0.416 e. The summed E-state index contributed by atoms with van der Waals surface area (Å²) in [6.45, 7) is 2.63. The monoisotopic (exact) mass is 402 g/mol. The van der Waals surface area contributed by atoms with Crippen molar-refractivity contribution in [2.75, 3.05) is 26.2 Å². The van der Waals surface area contributed by atoms with Crippen molar-refractivity contribution < 1.29 is 26.3 Å². The molecule has 9 heteroatoms. The van der Waals surface area contributed by atoms with Gasteiger partial charge in [0.25, 0.3) is 0 Å². The highest BCUT2D eigenvalue weighted by Crippen LogP contribution is 2.44. The molecule has 0 amide bonds. The van der Waals surface area contributed by atoms with Gasteiger partial charge >= 0.3 is 12.4 Å². The number of piperazine rings is 1. The number of hydrogen-bond acceptors (Lipinski definition) is 2. The number of hydrogen-bond donors (Lipinski definition) is 1. The lowest BCUT2D eigenvalue weighted by Gasteiger charge is -2.43. The van der Waals surface area contributed by atoms with E-state index in [1.54, 1.807) is 0 Å². The van der Waals surface area contributed by atoms with Gasteiger partial charge in [-0.25, -0.2) is 0 Å². The van der Waals surface area contributed by atoms with E-state index in [0.29, 0.717) is 26.2 Å². The van der Waals surface area contributed by atoms with E-state index in [-0.39, 0.29) is 36.0 Å². The van der Waals surface area contributed by atoms with E-state index in [4.69, 9.17) is 0 Å². The van der Waals surface area contributed by atoms with Crippen LogP contribution in [0.4, 0.5) is 26.3 Å². The first kappa shape index (κ1) is 21.3. The molecule has 1 atom stereocenters. The minimum absolute atomic E-state index is 0. The van der Waals surface area contributed by atoms with Crippen LogP contribution < -0.4 is 5.32 Å². The average molecular weight is 403 g/mol. The minimum atomic E-state index is -4.80. The summed E-state index contributed by atoms with van der Waals surface area (Å²) in [5, 5.41) is 3.17. The smallest absolute Gasteiger partial charge is 0.314 e. The van der Waals surface area contributed by atoms with Gasteiger partial charge in [-0.1, -0.05) is 6.42 Å². The molecule has 1 aliphatic carbocycles. The number of alkyl halides is 6. The fourth-order valence-corrected chi connectivity index (χ4v) is 3.65. The molecule has 1 saturated carbocycles. The fraction of sp³-hybridized carbons (Fsp3) is 0.647. The molecule has 1 aromatic rings. The van der Waals surface area contributed by atoms with Crippen LogP contribution in [0.2, 0.25) is 0 Å². The number of halogens is 7. The standard InChI is InChI=1S/C17H20F6N2.ClH/c18-16(19,20)13-8-12(9-14(10-13)17(21,22)23)15(11-2-1-3-11)25-6-4-24-5-7-25;/h8-11,15,24H,1-7H2;1H/t15-;/m1./s1. The van der Waals surface area contributed by atoms with Gasteiger partial charge in [-0.2, -0.15) is 26.3 Å². The first-order valence-electron chi connectivity index (χ1n) is 8.40. The van der Waals surface area contributed by atoms with Crippen molar-refractivity contribution in [2.45, 2.75) is 37.7 Å². The third-order valence-corrected chi connectivity index (χ3v) is 5.09. The minimum Gasteiger partial charge on any atom is -0.314 e. The van der Waals surface area contributed by atoms with E-state index in [2.05, 4.69) is 5.32 Å². The van der Waals surface area contributed by atoms with Crippen molar-refractivity contribution in [1.29, 1.82) is 0 Å². The van der Waals surface area contributed by atoms with E-state index < -0.39 is 23.5 Å². The molecule has 0 bridgehead atoms. The van der Waals surface area contributed by atoms with Gasteiger partial charge in [0, 0.05) is 32.2 Å². The summed E-state index contributed by atoms with van der Waals surface area (Å²) in [4.78, 5) is 2.02. The molecule has 2 nitrogen and oxygen atoms in total. The largest absolute Gasteiger partial charge is 0.416 e. The topological polar surface area (TPSA) is 15.3 Å². The molecule has 1 N–H and O–H groups in total. The summed E-state index contributed by atoms with van der Waals surface area (Å²) in [7, 11) is 0. The van der Waals surface area contributed by atoms with Gasteiger partial charge in [-0.05, 0) is 42.5 Å². The Hall–Kier alpha value is -0.990. The summed E-state index contributed by atoms with van der Waals surface area (Å²) in [6.07, 6.45) is -6.95. The van der Waals surface area contributed by atoms with E-state index in [0.717, 1.165) is 31.4 Å². The van der Waals surface area contributed by atoms with Gasteiger partial charge in [0.15, 0.2) is 0 Å². The zero-order valence-corrected chi connectivity index (χ0v) is 14.8. The zero-order chi connectivity index (χ0) is 18.2. The predicted molar refractivity (Wildman–Crippen MR) is 88.2 cm³/mol. The van der Waals surface area contributed by atoms with Crippen LogP contribution in [-0.4, -0.2) is 31.1 Å². The Morgan fingerprint density at radius 2 is 1.38 bits per heavy atom. The number of benzene rings is 1. The van der Waals surface area contributed by atoms with E-state index in [1.807, 2.05) is 4.90 Å². The van der Waals surface area contributed by atoms with Crippen molar-refractivity contribution >= 4 is 12.4 Å². The second-order valence-electron chi connectivity index (χ2n) is 6.76. The summed E-state index contributed by atoms with van der Waals surface area (Å²) < 4.78 is 78.9. The van der Waals surface area contributed by atoms with Gasteiger partial charge in [0.1, 0.15) is 0 Å². The summed E-state index contributed by atoms with van der Waals surface area (Å²) in [5.41, 5.74) is -2.32. The van der Waals surface area contributed by atoms with Crippen molar-refractivity contribution in [3.05, 3.63) is 34.9 Å². The highest BCUT2D eigenvalue weighted by Gasteiger charge is 2.40. The molecule has 0 radical (unpaired) electrons. The summed E-state index contributed by atoms with van der Waals surface area (Å²) in [6, 6.07) is 1.62. The van der Waals surface area contributed by atoms with Crippen LogP contribution in [0.1, 0.15) is 42.0 Å². The highest BCUT2D eigenvalue weighted by molar-refractivity contribution is 5.85. The quantitative estimate of drug-likeness (QED) is 0.724. The Morgan fingerprint density at radius 3 is 1.77 bits per heavy atom. The number of rotatable bonds is 3. The van der Waals surface area contributed by atoms with Crippen LogP contribution in [0.5, 0.6) is 0 Å². The highest BCUT2D eigenvalue weighted by atomic mass is 35.5. The first-order valence-corrected chi connectivity index (χ1v) is 8.40. The molecule has 2 aliphatic rings.